The van der Waals surface area contributed by atoms with Crippen LogP contribution in [-0.2, 0) is 0 Å². The van der Waals surface area contributed by atoms with Crippen LogP contribution in [0.2, 0.25) is 0 Å². The van der Waals surface area contributed by atoms with Gasteiger partial charge >= 0.3 is 0 Å². The average Bonchev–Trinajstić information content (AvgIpc) is 2.67. The standard InChI is InChI=1S/C11H11BrN2/c12-10-3-1-8(2-4-10)11-7-14-6-9(11)5-13/h1-4,9,11,14H,6-7H2/t9-,11-/m0/s1. The van der Waals surface area contributed by atoms with Crippen molar-refractivity contribution in [3.8, 4) is 6.07 Å². The van der Waals surface area contributed by atoms with Gasteiger partial charge in [-0.1, -0.05) is 28.1 Å². The van der Waals surface area contributed by atoms with Crippen LogP contribution in [0.3, 0.4) is 0 Å². The Hall–Kier alpha value is -0.850. The monoisotopic (exact) mass is 250 g/mol. The molecule has 3 heteroatoms. The average molecular weight is 251 g/mol. The lowest BCUT2D eigenvalue weighted by molar-refractivity contribution is 0.646. The van der Waals surface area contributed by atoms with Crippen LogP contribution in [0.5, 0.6) is 0 Å². The maximum Gasteiger partial charge on any atom is 0.0676 e. The molecule has 0 aromatic heterocycles. The first-order valence-electron chi connectivity index (χ1n) is 4.67. The molecule has 0 saturated carbocycles. The highest BCUT2D eigenvalue weighted by atomic mass is 79.9. The van der Waals surface area contributed by atoms with E-state index in [-0.39, 0.29) is 5.92 Å². The van der Waals surface area contributed by atoms with Gasteiger partial charge < -0.3 is 5.32 Å². The van der Waals surface area contributed by atoms with Crippen molar-refractivity contribution in [1.82, 2.24) is 5.32 Å². The van der Waals surface area contributed by atoms with Gasteiger partial charge in [-0.05, 0) is 17.7 Å². The SMILES string of the molecule is N#C[C@H]1CNC[C@H]1c1ccc(Br)cc1. The molecule has 72 valence electrons. The Labute approximate surface area is 92.1 Å². The molecule has 2 atom stereocenters. The molecule has 1 saturated heterocycles. The first-order valence-corrected chi connectivity index (χ1v) is 5.46. The van der Waals surface area contributed by atoms with Crippen molar-refractivity contribution < 1.29 is 0 Å². The third-order valence-corrected chi connectivity index (χ3v) is 3.21. The molecule has 1 heterocycles. The fourth-order valence-corrected chi connectivity index (χ4v) is 2.14. The first-order chi connectivity index (χ1) is 6.81. The highest BCUT2D eigenvalue weighted by molar-refractivity contribution is 9.10. The van der Waals surface area contributed by atoms with Crippen LogP contribution >= 0.6 is 15.9 Å². The Morgan fingerprint density at radius 2 is 2.00 bits per heavy atom. The maximum atomic E-state index is 8.95. The molecule has 0 unspecified atom stereocenters. The van der Waals surface area contributed by atoms with Crippen LogP contribution < -0.4 is 5.32 Å². The second-order valence-electron chi connectivity index (χ2n) is 3.55. The minimum Gasteiger partial charge on any atom is -0.315 e. The van der Waals surface area contributed by atoms with E-state index in [2.05, 4.69) is 39.4 Å². The van der Waals surface area contributed by atoms with Gasteiger partial charge in [0.25, 0.3) is 0 Å². The van der Waals surface area contributed by atoms with Crippen molar-refractivity contribution >= 4 is 15.9 Å². The molecule has 14 heavy (non-hydrogen) atoms. The summed E-state index contributed by atoms with van der Waals surface area (Å²) in [6.45, 7) is 1.73. The Balaban J connectivity index is 2.23. The van der Waals surface area contributed by atoms with E-state index < -0.39 is 0 Å². The van der Waals surface area contributed by atoms with E-state index in [1.54, 1.807) is 0 Å². The van der Waals surface area contributed by atoms with E-state index in [4.69, 9.17) is 5.26 Å². The minimum absolute atomic E-state index is 0.121. The van der Waals surface area contributed by atoms with Crippen molar-refractivity contribution in [3.63, 3.8) is 0 Å². The van der Waals surface area contributed by atoms with E-state index >= 15 is 0 Å². The van der Waals surface area contributed by atoms with Crippen molar-refractivity contribution in [3.05, 3.63) is 34.3 Å². The molecule has 1 aliphatic rings. The minimum atomic E-state index is 0.121. The van der Waals surface area contributed by atoms with Gasteiger partial charge in [0.2, 0.25) is 0 Å². The Bertz CT molecular complexity index is 353. The lowest BCUT2D eigenvalue weighted by Gasteiger charge is -2.12. The highest BCUT2D eigenvalue weighted by Gasteiger charge is 2.27. The number of rotatable bonds is 1. The third kappa shape index (κ3) is 1.82. The smallest absolute Gasteiger partial charge is 0.0676 e. The lowest BCUT2D eigenvalue weighted by Crippen LogP contribution is -2.08. The molecule has 2 rings (SSSR count). The summed E-state index contributed by atoms with van der Waals surface area (Å²) in [6.07, 6.45) is 0. The Morgan fingerprint density at radius 3 is 2.64 bits per heavy atom. The van der Waals surface area contributed by atoms with E-state index in [0.717, 1.165) is 17.6 Å². The predicted octanol–water partition coefficient (Wildman–Crippen LogP) is 2.28. The fourth-order valence-electron chi connectivity index (χ4n) is 1.87. The van der Waals surface area contributed by atoms with Crippen LogP contribution in [0.1, 0.15) is 11.5 Å². The van der Waals surface area contributed by atoms with Crippen LogP contribution in [-0.4, -0.2) is 13.1 Å². The van der Waals surface area contributed by atoms with Crippen molar-refractivity contribution in [2.45, 2.75) is 5.92 Å². The summed E-state index contributed by atoms with van der Waals surface area (Å²) in [4.78, 5) is 0. The van der Waals surface area contributed by atoms with Crippen LogP contribution in [0.15, 0.2) is 28.7 Å². The molecular weight excluding hydrogens is 240 g/mol. The van der Waals surface area contributed by atoms with Gasteiger partial charge in [0.1, 0.15) is 0 Å². The van der Waals surface area contributed by atoms with Gasteiger partial charge in [-0.15, -0.1) is 0 Å². The summed E-state index contributed by atoms with van der Waals surface area (Å²) in [6, 6.07) is 10.6. The summed E-state index contributed by atoms with van der Waals surface area (Å²) in [5, 5.41) is 12.2. The lowest BCUT2D eigenvalue weighted by atomic mass is 9.90. The summed E-state index contributed by atoms with van der Waals surface area (Å²) in [5.74, 6) is 0.476. The molecule has 1 aromatic rings. The van der Waals surface area contributed by atoms with Crippen LogP contribution in [0.25, 0.3) is 0 Å². The molecule has 0 spiro atoms. The maximum absolute atomic E-state index is 8.95. The zero-order valence-corrected chi connectivity index (χ0v) is 9.29. The van der Waals surface area contributed by atoms with Crippen LogP contribution in [0, 0.1) is 17.2 Å². The number of halogens is 1. The van der Waals surface area contributed by atoms with E-state index in [9.17, 15) is 0 Å². The molecule has 1 fully saturated rings. The molecular formula is C11H11BrN2. The molecule has 0 bridgehead atoms. The number of hydrogen-bond donors (Lipinski definition) is 1. The van der Waals surface area contributed by atoms with Crippen molar-refractivity contribution in [2.75, 3.05) is 13.1 Å². The number of benzene rings is 1. The number of nitriles is 1. The molecule has 0 radical (unpaired) electrons. The Kier molecular flexibility index (Phi) is 2.85. The number of nitrogens with zero attached hydrogens (tertiary/aromatic N) is 1. The van der Waals surface area contributed by atoms with Gasteiger partial charge in [-0.25, -0.2) is 0 Å². The van der Waals surface area contributed by atoms with E-state index in [1.807, 2.05) is 12.1 Å². The quantitative estimate of drug-likeness (QED) is 0.831. The van der Waals surface area contributed by atoms with Gasteiger partial charge in [-0.3, -0.25) is 0 Å². The van der Waals surface area contributed by atoms with Gasteiger partial charge in [0.05, 0.1) is 12.0 Å². The predicted molar refractivity (Wildman–Crippen MR) is 58.9 cm³/mol. The van der Waals surface area contributed by atoms with Gasteiger partial charge in [0, 0.05) is 23.5 Å². The van der Waals surface area contributed by atoms with E-state index in [1.165, 1.54) is 5.56 Å². The molecule has 1 aromatic carbocycles. The molecule has 0 amide bonds. The summed E-state index contributed by atoms with van der Waals surface area (Å²) in [7, 11) is 0. The molecule has 1 aliphatic heterocycles. The Morgan fingerprint density at radius 1 is 1.29 bits per heavy atom. The second kappa shape index (κ2) is 4.12. The normalized spacial score (nSPS) is 26.0. The summed E-state index contributed by atoms with van der Waals surface area (Å²) < 4.78 is 1.08. The van der Waals surface area contributed by atoms with Crippen molar-refractivity contribution in [2.24, 2.45) is 5.92 Å². The number of hydrogen-bond acceptors (Lipinski definition) is 2. The second-order valence-corrected chi connectivity index (χ2v) is 4.47. The van der Waals surface area contributed by atoms with E-state index in [0.29, 0.717) is 5.92 Å². The van der Waals surface area contributed by atoms with Crippen molar-refractivity contribution in [1.29, 1.82) is 5.26 Å². The van der Waals surface area contributed by atoms with Gasteiger partial charge in [-0.2, -0.15) is 5.26 Å². The summed E-state index contributed by atoms with van der Waals surface area (Å²) in [5.41, 5.74) is 1.25. The zero-order chi connectivity index (χ0) is 9.97. The molecule has 2 nitrogen and oxygen atoms in total. The highest BCUT2D eigenvalue weighted by Crippen LogP contribution is 2.28. The third-order valence-electron chi connectivity index (χ3n) is 2.68. The van der Waals surface area contributed by atoms with Crippen LogP contribution in [0.4, 0.5) is 0 Å². The number of nitrogens with one attached hydrogen (secondary N) is 1. The van der Waals surface area contributed by atoms with Gasteiger partial charge in [0.15, 0.2) is 0 Å². The molecule has 0 aliphatic carbocycles. The largest absolute Gasteiger partial charge is 0.315 e. The first kappa shape index (κ1) is 9.70. The fraction of sp³-hybridized carbons (Fsp3) is 0.364. The zero-order valence-electron chi connectivity index (χ0n) is 7.70. The molecule has 1 N–H and O–H groups in total. The topological polar surface area (TPSA) is 35.8 Å². The summed E-state index contributed by atoms with van der Waals surface area (Å²) >= 11 is 3.41.